The largest absolute Gasteiger partial charge is 0.361 e. The summed E-state index contributed by atoms with van der Waals surface area (Å²) in [6.45, 7) is 2.35. The lowest BCUT2D eigenvalue weighted by Gasteiger charge is -2.33. The van der Waals surface area contributed by atoms with Crippen LogP contribution in [0.15, 0.2) is 42.5 Å². The molecule has 0 spiro atoms. The zero-order valence-electron chi connectivity index (χ0n) is 18.4. The van der Waals surface area contributed by atoms with Crippen molar-refractivity contribution < 1.29 is 14.4 Å². The minimum atomic E-state index is -0.249. The molecule has 7 nitrogen and oxygen atoms in total. The molecule has 7 heteroatoms. The van der Waals surface area contributed by atoms with Crippen molar-refractivity contribution in [3.8, 4) is 0 Å². The third-order valence-corrected chi connectivity index (χ3v) is 6.57. The molecule has 2 aliphatic carbocycles. The van der Waals surface area contributed by atoms with Gasteiger partial charge in [-0.15, -0.1) is 0 Å². The van der Waals surface area contributed by atoms with Gasteiger partial charge in [0.2, 0.25) is 5.91 Å². The molecule has 5 rings (SSSR count). The molecule has 166 valence electrons. The maximum Gasteiger partial charge on any atom is 0.254 e. The van der Waals surface area contributed by atoms with Gasteiger partial charge >= 0.3 is 0 Å². The Morgan fingerprint density at radius 3 is 2.41 bits per heavy atom. The van der Waals surface area contributed by atoms with Crippen molar-refractivity contribution in [3.05, 3.63) is 59.2 Å². The Bertz CT molecular complexity index is 1070. The maximum atomic E-state index is 13.4. The summed E-state index contributed by atoms with van der Waals surface area (Å²) in [4.78, 5) is 41.6. The molecule has 2 N–H and O–H groups in total. The lowest BCUT2D eigenvalue weighted by molar-refractivity contribution is -0.117. The summed E-state index contributed by atoms with van der Waals surface area (Å²) in [6, 6.07) is 13.3. The number of hydrogen-bond donors (Lipinski definition) is 2. The molecule has 0 saturated heterocycles. The molecule has 2 aromatic carbocycles. The van der Waals surface area contributed by atoms with E-state index in [1.165, 1.54) is 0 Å². The first-order valence-corrected chi connectivity index (χ1v) is 11.3. The topological polar surface area (TPSA) is 81.8 Å². The average Bonchev–Trinajstić information content (AvgIpc) is 3.71. The van der Waals surface area contributed by atoms with Crippen LogP contribution >= 0.6 is 0 Å². The van der Waals surface area contributed by atoms with Crippen LogP contribution in [-0.4, -0.2) is 47.8 Å². The Labute approximate surface area is 187 Å². The number of rotatable bonds is 6. The molecular weight excluding hydrogens is 404 g/mol. The second-order valence-electron chi connectivity index (χ2n) is 9.12. The van der Waals surface area contributed by atoms with Crippen LogP contribution in [-0.2, 0) is 11.3 Å². The van der Waals surface area contributed by atoms with Crippen LogP contribution in [0.25, 0.3) is 0 Å². The number of amides is 3. The first-order chi connectivity index (χ1) is 15.4. The number of nitrogens with one attached hydrogen (secondary N) is 2. The van der Waals surface area contributed by atoms with Gasteiger partial charge in [-0.05, 0) is 68.5 Å². The summed E-state index contributed by atoms with van der Waals surface area (Å²) in [5, 5.41) is 5.91. The first kappa shape index (κ1) is 20.5. The number of likely N-dealkylation sites (N-methyl/N-ethyl adjacent to an activating group) is 1. The van der Waals surface area contributed by atoms with Gasteiger partial charge in [0.1, 0.15) is 6.04 Å². The van der Waals surface area contributed by atoms with E-state index in [1.54, 1.807) is 6.07 Å². The number of benzene rings is 2. The van der Waals surface area contributed by atoms with Crippen LogP contribution < -0.4 is 15.5 Å². The molecular formula is C25H28N4O3. The Hall–Kier alpha value is -3.35. The van der Waals surface area contributed by atoms with Crippen LogP contribution in [0.5, 0.6) is 0 Å². The Balaban J connectivity index is 1.32. The van der Waals surface area contributed by atoms with Gasteiger partial charge in [-0.25, -0.2) is 0 Å². The van der Waals surface area contributed by atoms with Gasteiger partial charge in [-0.2, -0.15) is 0 Å². The van der Waals surface area contributed by atoms with Gasteiger partial charge in [0.15, 0.2) is 0 Å². The molecule has 32 heavy (non-hydrogen) atoms. The van der Waals surface area contributed by atoms with E-state index in [0.717, 1.165) is 36.9 Å². The highest BCUT2D eigenvalue weighted by atomic mass is 16.2. The smallest absolute Gasteiger partial charge is 0.254 e. The van der Waals surface area contributed by atoms with Gasteiger partial charge in [0.25, 0.3) is 11.8 Å². The molecule has 1 aliphatic heterocycles. The van der Waals surface area contributed by atoms with E-state index in [-0.39, 0.29) is 29.8 Å². The summed E-state index contributed by atoms with van der Waals surface area (Å²) < 4.78 is 0. The molecule has 0 radical (unpaired) electrons. The number of anilines is 2. The summed E-state index contributed by atoms with van der Waals surface area (Å²) >= 11 is 0. The predicted molar refractivity (Wildman–Crippen MR) is 123 cm³/mol. The van der Waals surface area contributed by atoms with E-state index in [4.69, 9.17) is 0 Å². The Morgan fingerprint density at radius 1 is 1.06 bits per heavy atom. The standard InChI is InChI=1S/C25H28N4O3/c1-15-23(30)27-21-13-18(7-12-22(21)28(15)2)25(32)29(20-10-11-20)14-16-3-5-17(6-4-16)24(31)26-19-8-9-19/h3-7,12-13,15,19-20H,8-11,14H2,1-2H3,(H,26,31)(H,27,30). The third-order valence-electron chi connectivity index (χ3n) is 6.57. The van der Waals surface area contributed by atoms with E-state index in [2.05, 4.69) is 10.6 Å². The lowest BCUT2D eigenvalue weighted by atomic mass is 10.1. The second-order valence-corrected chi connectivity index (χ2v) is 9.12. The van der Waals surface area contributed by atoms with Gasteiger partial charge in [0, 0.05) is 36.8 Å². The number of fused-ring (bicyclic) bond motifs is 1. The van der Waals surface area contributed by atoms with Gasteiger partial charge in [-0.1, -0.05) is 12.1 Å². The molecule has 1 unspecified atom stereocenters. The van der Waals surface area contributed by atoms with E-state index in [9.17, 15) is 14.4 Å². The zero-order chi connectivity index (χ0) is 22.4. The highest BCUT2D eigenvalue weighted by Crippen LogP contribution is 2.34. The number of nitrogens with zero attached hydrogens (tertiary/aromatic N) is 2. The average molecular weight is 433 g/mol. The molecule has 0 aromatic heterocycles. The minimum Gasteiger partial charge on any atom is -0.361 e. The monoisotopic (exact) mass is 432 g/mol. The summed E-state index contributed by atoms with van der Waals surface area (Å²) in [5.41, 5.74) is 3.79. The fourth-order valence-corrected chi connectivity index (χ4v) is 4.07. The molecule has 3 aliphatic rings. The summed E-state index contributed by atoms with van der Waals surface area (Å²) in [7, 11) is 1.88. The van der Waals surface area contributed by atoms with Gasteiger partial charge in [0.05, 0.1) is 11.4 Å². The molecule has 2 fully saturated rings. The molecule has 1 heterocycles. The Morgan fingerprint density at radius 2 is 1.75 bits per heavy atom. The molecule has 3 amide bonds. The fourth-order valence-electron chi connectivity index (χ4n) is 4.07. The van der Waals surface area contributed by atoms with Crippen LogP contribution in [0.3, 0.4) is 0 Å². The van der Waals surface area contributed by atoms with Gasteiger partial charge < -0.3 is 20.4 Å². The maximum absolute atomic E-state index is 13.4. The molecule has 1 atom stereocenters. The van der Waals surface area contributed by atoms with Crippen molar-refractivity contribution in [1.82, 2.24) is 10.2 Å². The number of hydrogen-bond acceptors (Lipinski definition) is 4. The quantitative estimate of drug-likeness (QED) is 0.735. The van der Waals surface area contributed by atoms with Crippen LogP contribution in [0.2, 0.25) is 0 Å². The van der Waals surface area contributed by atoms with Crippen molar-refractivity contribution in [2.75, 3.05) is 17.3 Å². The molecule has 0 bridgehead atoms. The van der Waals surface area contributed by atoms with E-state index in [0.29, 0.717) is 29.4 Å². The van der Waals surface area contributed by atoms with Gasteiger partial charge in [-0.3, -0.25) is 14.4 Å². The van der Waals surface area contributed by atoms with Crippen LogP contribution in [0.4, 0.5) is 11.4 Å². The van der Waals surface area contributed by atoms with Crippen LogP contribution in [0, 0.1) is 0 Å². The Kier molecular flexibility index (Phi) is 5.12. The highest BCUT2D eigenvalue weighted by Gasteiger charge is 2.34. The zero-order valence-corrected chi connectivity index (χ0v) is 18.4. The first-order valence-electron chi connectivity index (χ1n) is 11.3. The van der Waals surface area contributed by atoms with Crippen molar-refractivity contribution in [2.24, 2.45) is 0 Å². The fraction of sp³-hybridized carbons (Fsp3) is 0.400. The molecule has 2 saturated carbocycles. The normalized spacial score (nSPS) is 19.8. The van der Waals surface area contributed by atoms with Crippen molar-refractivity contribution in [3.63, 3.8) is 0 Å². The third kappa shape index (κ3) is 4.07. The van der Waals surface area contributed by atoms with Crippen LogP contribution in [0.1, 0.15) is 58.9 Å². The minimum absolute atomic E-state index is 0.0374. The van der Waals surface area contributed by atoms with Crippen molar-refractivity contribution in [1.29, 1.82) is 0 Å². The van der Waals surface area contributed by atoms with E-state index >= 15 is 0 Å². The number of carbonyl (C=O) groups excluding carboxylic acids is 3. The van der Waals surface area contributed by atoms with E-state index < -0.39 is 0 Å². The molecule has 2 aromatic rings. The SMILES string of the molecule is CC1C(=O)Nc2cc(C(=O)N(Cc3ccc(C(=O)NC4CC4)cc3)C3CC3)ccc2N1C. The highest BCUT2D eigenvalue weighted by molar-refractivity contribution is 6.05. The summed E-state index contributed by atoms with van der Waals surface area (Å²) in [6.07, 6.45) is 4.11. The summed E-state index contributed by atoms with van der Waals surface area (Å²) in [5.74, 6) is -0.152. The predicted octanol–water partition coefficient (Wildman–Crippen LogP) is 3.16. The number of carbonyl (C=O) groups is 3. The van der Waals surface area contributed by atoms with E-state index in [1.807, 2.05) is 60.2 Å². The second kappa shape index (κ2) is 7.97. The lowest BCUT2D eigenvalue weighted by Crippen LogP contribution is -2.44. The van der Waals surface area contributed by atoms with Crippen molar-refractivity contribution >= 4 is 29.1 Å². The van der Waals surface area contributed by atoms with Crippen molar-refractivity contribution in [2.45, 2.75) is 57.3 Å².